The molecular formula is C18H23NO4. The average Bonchev–Trinajstić information content (AvgIpc) is 2.49. The lowest BCUT2D eigenvalue weighted by atomic mass is 10.0. The summed E-state index contributed by atoms with van der Waals surface area (Å²) < 4.78 is 11.1. The monoisotopic (exact) mass is 317 g/mol. The molecule has 0 fully saturated rings. The van der Waals surface area contributed by atoms with Crippen LogP contribution in [0.2, 0.25) is 0 Å². The first kappa shape index (κ1) is 17.1. The van der Waals surface area contributed by atoms with Gasteiger partial charge in [0.2, 0.25) is 0 Å². The van der Waals surface area contributed by atoms with Crippen LogP contribution in [0.4, 0.5) is 0 Å². The van der Waals surface area contributed by atoms with E-state index in [0.29, 0.717) is 11.3 Å². The third-order valence-corrected chi connectivity index (χ3v) is 3.81. The van der Waals surface area contributed by atoms with Crippen molar-refractivity contribution in [2.45, 2.75) is 39.7 Å². The van der Waals surface area contributed by atoms with Gasteiger partial charge < -0.3 is 14.1 Å². The Balaban J connectivity index is 2.46. The third-order valence-electron chi connectivity index (χ3n) is 3.81. The van der Waals surface area contributed by atoms with Gasteiger partial charge in [0, 0.05) is 31.1 Å². The smallest absolute Gasteiger partial charge is 0.336 e. The van der Waals surface area contributed by atoms with Gasteiger partial charge in [0.25, 0.3) is 5.91 Å². The molecule has 0 aliphatic rings. The molecule has 1 aromatic carbocycles. The molecule has 1 amide bonds. The lowest BCUT2D eigenvalue weighted by Gasteiger charge is -2.20. The molecule has 2 aromatic rings. The van der Waals surface area contributed by atoms with Crippen molar-refractivity contribution in [2.75, 3.05) is 14.1 Å². The first-order valence-electron chi connectivity index (χ1n) is 7.79. The third kappa shape index (κ3) is 3.55. The van der Waals surface area contributed by atoms with Crippen molar-refractivity contribution < 1.29 is 13.9 Å². The lowest BCUT2D eigenvalue weighted by Crippen LogP contribution is -2.35. The molecule has 1 aromatic heterocycles. The van der Waals surface area contributed by atoms with Crippen LogP contribution >= 0.6 is 0 Å². The standard InChI is InChI=1S/C18H23NO4/c1-6-7-13-10-16(20)23-17-11(2)15(9-8-14(13)17)22-12(3)18(21)19(4)5/h8-10,12H,6-7H2,1-5H3. The zero-order valence-corrected chi connectivity index (χ0v) is 14.3. The number of hydrogen-bond donors (Lipinski definition) is 0. The first-order chi connectivity index (χ1) is 10.8. The minimum absolute atomic E-state index is 0.120. The van der Waals surface area contributed by atoms with Crippen LogP contribution in [-0.4, -0.2) is 31.0 Å². The van der Waals surface area contributed by atoms with E-state index < -0.39 is 6.10 Å². The fourth-order valence-corrected chi connectivity index (χ4v) is 2.62. The second-order valence-electron chi connectivity index (χ2n) is 5.90. The van der Waals surface area contributed by atoms with Gasteiger partial charge in [0.1, 0.15) is 11.3 Å². The summed E-state index contributed by atoms with van der Waals surface area (Å²) in [7, 11) is 3.37. The number of fused-ring (bicyclic) bond motifs is 1. The van der Waals surface area contributed by atoms with Crippen LogP contribution < -0.4 is 10.4 Å². The number of amides is 1. The second kappa shape index (κ2) is 6.86. The van der Waals surface area contributed by atoms with Crippen LogP contribution in [0, 0.1) is 6.92 Å². The van der Waals surface area contributed by atoms with E-state index in [9.17, 15) is 9.59 Å². The van der Waals surface area contributed by atoms with Crippen molar-refractivity contribution in [3.63, 3.8) is 0 Å². The van der Waals surface area contributed by atoms with Crippen LogP contribution in [0.15, 0.2) is 27.4 Å². The van der Waals surface area contributed by atoms with Crippen LogP contribution in [0.25, 0.3) is 11.0 Å². The zero-order valence-electron chi connectivity index (χ0n) is 14.3. The summed E-state index contributed by atoms with van der Waals surface area (Å²) in [5.74, 6) is 0.433. The Hall–Kier alpha value is -2.30. The van der Waals surface area contributed by atoms with Crippen molar-refractivity contribution in [1.82, 2.24) is 4.90 Å². The van der Waals surface area contributed by atoms with Gasteiger partial charge in [-0.05, 0) is 38.0 Å². The van der Waals surface area contributed by atoms with E-state index in [-0.39, 0.29) is 11.5 Å². The number of rotatable bonds is 5. The van der Waals surface area contributed by atoms with Gasteiger partial charge >= 0.3 is 5.63 Å². The molecule has 5 nitrogen and oxygen atoms in total. The van der Waals surface area contributed by atoms with Crippen molar-refractivity contribution in [2.24, 2.45) is 0 Å². The maximum Gasteiger partial charge on any atom is 0.336 e. The second-order valence-corrected chi connectivity index (χ2v) is 5.90. The van der Waals surface area contributed by atoms with Crippen LogP contribution in [0.3, 0.4) is 0 Å². The molecule has 0 aliphatic carbocycles. The summed E-state index contributed by atoms with van der Waals surface area (Å²) in [6.45, 7) is 5.61. The molecule has 0 saturated heterocycles. The van der Waals surface area contributed by atoms with E-state index >= 15 is 0 Å². The van der Waals surface area contributed by atoms with Crippen molar-refractivity contribution in [3.05, 3.63) is 39.7 Å². The molecule has 23 heavy (non-hydrogen) atoms. The summed E-state index contributed by atoms with van der Waals surface area (Å²) >= 11 is 0. The Morgan fingerprint density at radius 2 is 2.04 bits per heavy atom. The van der Waals surface area contributed by atoms with Gasteiger partial charge in [-0.1, -0.05) is 13.3 Å². The molecule has 0 radical (unpaired) electrons. The summed E-state index contributed by atoms with van der Waals surface area (Å²) in [5, 5.41) is 0.919. The number of carbonyl (C=O) groups is 1. The minimum atomic E-state index is -0.605. The number of hydrogen-bond acceptors (Lipinski definition) is 4. The number of nitrogens with zero attached hydrogens (tertiary/aromatic N) is 1. The number of likely N-dealkylation sites (N-methyl/N-ethyl adjacent to an activating group) is 1. The predicted octanol–water partition coefficient (Wildman–Crippen LogP) is 2.91. The number of carbonyl (C=O) groups excluding carboxylic acids is 1. The largest absolute Gasteiger partial charge is 0.480 e. The maximum absolute atomic E-state index is 11.9. The quantitative estimate of drug-likeness (QED) is 0.796. The Bertz CT molecular complexity index is 776. The fraction of sp³-hybridized carbons (Fsp3) is 0.444. The molecule has 1 heterocycles. The summed E-state index contributed by atoms with van der Waals surface area (Å²) in [4.78, 5) is 25.2. The lowest BCUT2D eigenvalue weighted by molar-refractivity contribution is -0.135. The molecule has 0 spiro atoms. The van der Waals surface area contributed by atoms with Crippen LogP contribution in [-0.2, 0) is 11.2 Å². The Labute approximate surface area is 135 Å². The van der Waals surface area contributed by atoms with Gasteiger partial charge in [-0.2, -0.15) is 0 Å². The topological polar surface area (TPSA) is 59.8 Å². The highest BCUT2D eigenvalue weighted by atomic mass is 16.5. The van der Waals surface area contributed by atoms with E-state index in [0.717, 1.165) is 29.4 Å². The van der Waals surface area contributed by atoms with Crippen LogP contribution in [0.5, 0.6) is 5.75 Å². The average molecular weight is 317 g/mol. The molecule has 0 bridgehead atoms. The Kier molecular flexibility index (Phi) is 5.08. The van der Waals surface area contributed by atoms with Crippen molar-refractivity contribution >= 4 is 16.9 Å². The SMILES string of the molecule is CCCc1cc(=O)oc2c(C)c(OC(C)C(=O)N(C)C)ccc12. The fourth-order valence-electron chi connectivity index (χ4n) is 2.62. The minimum Gasteiger partial charge on any atom is -0.480 e. The molecule has 1 unspecified atom stereocenters. The number of benzene rings is 1. The van der Waals surface area contributed by atoms with Crippen molar-refractivity contribution in [3.8, 4) is 5.75 Å². The Morgan fingerprint density at radius 1 is 1.35 bits per heavy atom. The molecule has 2 rings (SSSR count). The summed E-state index contributed by atoms with van der Waals surface area (Å²) in [6, 6.07) is 5.26. The molecule has 0 N–H and O–H groups in total. The number of ether oxygens (including phenoxy) is 1. The predicted molar refractivity (Wildman–Crippen MR) is 90.0 cm³/mol. The van der Waals surface area contributed by atoms with E-state index in [1.54, 1.807) is 27.1 Å². The first-order valence-corrected chi connectivity index (χ1v) is 7.79. The summed E-state index contributed by atoms with van der Waals surface area (Å²) in [5.41, 5.74) is 1.88. The van der Waals surface area contributed by atoms with Crippen molar-refractivity contribution in [1.29, 1.82) is 0 Å². The van der Waals surface area contributed by atoms with E-state index in [2.05, 4.69) is 6.92 Å². The normalized spacial score (nSPS) is 12.2. The number of aryl methyl sites for hydroxylation is 2. The van der Waals surface area contributed by atoms with Gasteiger partial charge in [-0.15, -0.1) is 0 Å². The molecule has 1 atom stereocenters. The van der Waals surface area contributed by atoms with Gasteiger partial charge in [0.05, 0.1) is 0 Å². The molecular weight excluding hydrogens is 294 g/mol. The highest BCUT2D eigenvalue weighted by Gasteiger charge is 2.19. The molecule has 5 heteroatoms. The maximum atomic E-state index is 11.9. The van der Waals surface area contributed by atoms with E-state index in [1.807, 2.05) is 19.1 Å². The van der Waals surface area contributed by atoms with Crippen LogP contribution in [0.1, 0.15) is 31.4 Å². The van der Waals surface area contributed by atoms with E-state index in [4.69, 9.17) is 9.15 Å². The van der Waals surface area contributed by atoms with Gasteiger partial charge in [0.15, 0.2) is 6.10 Å². The van der Waals surface area contributed by atoms with Gasteiger partial charge in [-0.25, -0.2) is 4.79 Å². The van der Waals surface area contributed by atoms with E-state index in [1.165, 1.54) is 4.90 Å². The summed E-state index contributed by atoms with van der Waals surface area (Å²) in [6.07, 6.45) is 1.16. The highest BCUT2D eigenvalue weighted by Crippen LogP contribution is 2.29. The molecule has 0 saturated carbocycles. The zero-order chi connectivity index (χ0) is 17.1. The Morgan fingerprint density at radius 3 is 2.65 bits per heavy atom. The highest BCUT2D eigenvalue weighted by molar-refractivity contribution is 5.85. The molecule has 124 valence electrons. The molecule has 0 aliphatic heterocycles. The van der Waals surface area contributed by atoms with Gasteiger partial charge in [-0.3, -0.25) is 4.79 Å².